The van der Waals surface area contributed by atoms with Crippen LogP contribution in [0.4, 0.5) is 0 Å². The molecule has 5 nitrogen and oxygen atoms in total. The summed E-state index contributed by atoms with van der Waals surface area (Å²) in [5, 5.41) is 0.473. The summed E-state index contributed by atoms with van der Waals surface area (Å²) >= 11 is 9.26. The van der Waals surface area contributed by atoms with Gasteiger partial charge in [-0.3, -0.25) is 9.78 Å². The zero-order chi connectivity index (χ0) is 15.5. The summed E-state index contributed by atoms with van der Waals surface area (Å²) in [4.78, 5) is 18.1. The maximum atomic E-state index is 12.4. The van der Waals surface area contributed by atoms with Crippen molar-refractivity contribution in [1.82, 2.24) is 9.88 Å². The van der Waals surface area contributed by atoms with Gasteiger partial charge in [0, 0.05) is 25.0 Å². The molecule has 1 atom stereocenters. The van der Waals surface area contributed by atoms with E-state index in [0.717, 1.165) is 12.8 Å². The van der Waals surface area contributed by atoms with Gasteiger partial charge in [-0.05, 0) is 40.9 Å². The lowest BCUT2D eigenvalue weighted by molar-refractivity contribution is 0.0509. The first-order chi connectivity index (χ1) is 10.6. The van der Waals surface area contributed by atoms with Crippen LogP contribution in [0.1, 0.15) is 23.4 Å². The molecule has 0 bridgehead atoms. The predicted molar refractivity (Wildman–Crippen MR) is 85.2 cm³/mol. The van der Waals surface area contributed by atoms with E-state index in [9.17, 15) is 4.79 Å². The Morgan fingerprint density at radius 3 is 3.05 bits per heavy atom. The third-order valence-electron chi connectivity index (χ3n) is 3.48. The molecule has 2 aromatic heterocycles. The predicted octanol–water partition coefficient (Wildman–Crippen LogP) is 3.77. The van der Waals surface area contributed by atoms with Crippen molar-refractivity contribution < 1.29 is 13.9 Å². The zero-order valence-corrected chi connectivity index (χ0v) is 14.0. The third kappa shape index (κ3) is 3.44. The van der Waals surface area contributed by atoms with Crippen LogP contribution in [0.3, 0.4) is 0 Å². The molecule has 0 saturated carbocycles. The lowest BCUT2D eigenvalue weighted by Crippen LogP contribution is -2.44. The first-order valence-electron chi connectivity index (χ1n) is 6.94. The summed E-state index contributed by atoms with van der Waals surface area (Å²) < 4.78 is 11.8. The number of pyridine rings is 1. The number of hydrogen-bond donors (Lipinski definition) is 0. The summed E-state index contributed by atoms with van der Waals surface area (Å²) in [5.74, 6) is 0.797. The number of furan rings is 1. The van der Waals surface area contributed by atoms with Crippen LogP contribution in [0.25, 0.3) is 0 Å². The molecule has 0 unspecified atom stereocenters. The fourth-order valence-corrected chi connectivity index (χ4v) is 2.91. The van der Waals surface area contributed by atoms with E-state index in [1.54, 1.807) is 35.5 Å². The average Bonchev–Trinajstić information content (AvgIpc) is 2.96. The molecular weight excluding hydrogens is 372 g/mol. The van der Waals surface area contributed by atoms with Gasteiger partial charge in [0.2, 0.25) is 0 Å². The number of likely N-dealkylation sites (tertiary alicyclic amines) is 1. The number of rotatable bonds is 3. The largest absolute Gasteiger partial charge is 0.487 e. The van der Waals surface area contributed by atoms with Gasteiger partial charge in [-0.15, -0.1) is 0 Å². The van der Waals surface area contributed by atoms with Crippen LogP contribution in [0, 0.1) is 0 Å². The number of carbonyl (C=O) groups is 1. The SMILES string of the molecule is O=C(c1ccc(Br)o1)N1CCC[C@H](Oc2ccncc2Cl)C1. The fourth-order valence-electron chi connectivity index (χ4n) is 2.44. The van der Waals surface area contributed by atoms with E-state index in [-0.39, 0.29) is 12.0 Å². The van der Waals surface area contributed by atoms with Gasteiger partial charge >= 0.3 is 0 Å². The van der Waals surface area contributed by atoms with E-state index in [4.69, 9.17) is 20.8 Å². The van der Waals surface area contributed by atoms with Gasteiger partial charge in [0.05, 0.1) is 6.54 Å². The summed E-state index contributed by atoms with van der Waals surface area (Å²) in [7, 11) is 0. The number of hydrogen-bond acceptors (Lipinski definition) is 4. The molecule has 1 fully saturated rings. The molecular formula is C15H14BrClN2O3. The number of aromatic nitrogens is 1. The van der Waals surface area contributed by atoms with Crippen molar-refractivity contribution in [2.24, 2.45) is 0 Å². The van der Waals surface area contributed by atoms with Gasteiger partial charge < -0.3 is 14.1 Å². The Labute approximate surface area is 141 Å². The number of amides is 1. The van der Waals surface area contributed by atoms with Crippen molar-refractivity contribution in [3.63, 3.8) is 0 Å². The Kier molecular flexibility index (Phi) is 4.69. The second kappa shape index (κ2) is 6.71. The van der Waals surface area contributed by atoms with Crippen molar-refractivity contribution in [2.45, 2.75) is 18.9 Å². The minimum absolute atomic E-state index is 0.0870. The molecule has 2 aromatic rings. The molecule has 116 valence electrons. The summed E-state index contributed by atoms with van der Waals surface area (Å²) in [6.07, 6.45) is 4.85. The first kappa shape index (κ1) is 15.4. The number of ether oxygens (including phenoxy) is 1. The second-order valence-electron chi connectivity index (χ2n) is 5.04. The number of piperidine rings is 1. The highest BCUT2D eigenvalue weighted by atomic mass is 79.9. The van der Waals surface area contributed by atoms with Crippen LogP contribution >= 0.6 is 27.5 Å². The minimum Gasteiger partial charge on any atom is -0.487 e. The summed E-state index contributed by atoms with van der Waals surface area (Å²) in [6.45, 7) is 1.21. The van der Waals surface area contributed by atoms with E-state index in [2.05, 4.69) is 20.9 Å². The van der Waals surface area contributed by atoms with Crippen molar-refractivity contribution in [1.29, 1.82) is 0 Å². The lowest BCUT2D eigenvalue weighted by atomic mass is 10.1. The van der Waals surface area contributed by atoms with E-state index in [1.807, 2.05) is 0 Å². The Morgan fingerprint density at radius 2 is 2.32 bits per heavy atom. The van der Waals surface area contributed by atoms with Gasteiger partial charge in [0.25, 0.3) is 5.91 Å². The van der Waals surface area contributed by atoms with Gasteiger partial charge in [0.1, 0.15) is 16.9 Å². The average molecular weight is 386 g/mol. The molecule has 0 aromatic carbocycles. The molecule has 0 N–H and O–H groups in total. The summed E-state index contributed by atoms with van der Waals surface area (Å²) in [6, 6.07) is 5.10. The molecule has 0 spiro atoms. The number of nitrogens with zero attached hydrogens (tertiary/aromatic N) is 2. The van der Waals surface area contributed by atoms with Crippen LogP contribution in [0.15, 0.2) is 39.7 Å². The molecule has 3 heterocycles. The van der Waals surface area contributed by atoms with Gasteiger partial charge in [-0.25, -0.2) is 0 Å². The van der Waals surface area contributed by atoms with Crippen LogP contribution in [0.2, 0.25) is 5.02 Å². The van der Waals surface area contributed by atoms with Crippen LogP contribution in [-0.2, 0) is 0 Å². The highest BCUT2D eigenvalue weighted by molar-refractivity contribution is 9.10. The number of halogens is 2. The topological polar surface area (TPSA) is 55.6 Å². The molecule has 7 heteroatoms. The molecule has 0 radical (unpaired) electrons. The molecule has 1 aliphatic rings. The van der Waals surface area contributed by atoms with E-state index < -0.39 is 0 Å². The normalized spacial score (nSPS) is 18.3. The van der Waals surface area contributed by atoms with Gasteiger partial charge in [-0.1, -0.05) is 11.6 Å². The van der Waals surface area contributed by atoms with Crippen LogP contribution in [-0.4, -0.2) is 35.0 Å². The highest BCUT2D eigenvalue weighted by Gasteiger charge is 2.27. The zero-order valence-electron chi connectivity index (χ0n) is 11.7. The smallest absolute Gasteiger partial charge is 0.289 e. The van der Waals surface area contributed by atoms with Crippen molar-refractivity contribution in [2.75, 3.05) is 13.1 Å². The molecule has 22 heavy (non-hydrogen) atoms. The molecule has 1 saturated heterocycles. The third-order valence-corrected chi connectivity index (χ3v) is 4.19. The quantitative estimate of drug-likeness (QED) is 0.807. The number of carbonyl (C=O) groups excluding carboxylic acids is 1. The molecule has 3 rings (SSSR count). The Morgan fingerprint density at radius 1 is 1.45 bits per heavy atom. The highest BCUT2D eigenvalue weighted by Crippen LogP contribution is 2.26. The lowest BCUT2D eigenvalue weighted by Gasteiger charge is -2.32. The molecule has 1 amide bonds. The van der Waals surface area contributed by atoms with Gasteiger partial charge in [0.15, 0.2) is 10.4 Å². The van der Waals surface area contributed by atoms with Crippen LogP contribution < -0.4 is 4.74 Å². The standard InChI is InChI=1S/C15H14BrClN2O3/c16-14-4-3-13(22-14)15(20)19-7-1-2-10(9-19)21-12-5-6-18-8-11(12)17/h3-6,8,10H,1-2,7,9H2/t10-/m0/s1. The Hall–Kier alpha value is -1.53. The van der Waals surface area contributed by atoms with Crippen molar-refractivity contribution in [3.8, 4) is 5.75 Å². The Balaban J connectivity index is 1.67. The second-order valence-corrected chi connectivity index (χ2v) is 6.23. The van der Waals surface area contributed by atoms with Crippen molar-refractivity contribution in [3.05, 3.63) is 46.0 Å². The summed E-state index contributed by atoms with van der Waals surface area (Å²) in [5.41, 5.74) is 0. The Bertz CT molecular complexity index is 676. The monoisotopic (exact) mass is 384 g/mol. The maximum absolute atomic E-state index is 12.4. The van der Waals surface area contributed by atoms with Crippen molar-refractivity contribution >= 4 is 33.4 Å². The van der Waals surface area contributed by atoms with E-state index >= 15 is 0 Å². The van der Waals surface area contributed by atoms with E-state index in [0.29, 0.717) is 34.3 Å². The fraction of sp³-hybridized carbons (Fsp3) is 0.333. The maximum Gasteiger partial charge on any atom is 0.289 e. The molecule has 1 aliphatic heterocycles. The van der Waals surface area contributed by atoms with Gasteiger partial charge in [-0.2, -0.15) is 0 Å². The minimum atomic E-state index is -0.125. The first-order valence-corrected chi connectivity index (χ1v) is 8.11. The van der Waals surface area contributed by atoms with E-state index in [1.165, 1.54) is 0 Å². The van der Waals surface area contributed by atoms with Crippen LogP contribution in [0.5, 0.6) is 5.75 Å². The molecule has 0 aliphatic carbocycles.